The number of hydrogen-bond acceptors (Lipinski definition) is 3. The van der Waals surface area contributed by atoms with E-state index >= 15 is 0 Å². The summed E-state index contributed by atoms with van der Waals surface area (Å²) in [6.07, 6.45) is 5.79. The number of carbonyl (C=O) groups is 1. The fraction of sp³-hybridized carbons (Fsp3) is 0.571. The highest BCUT2D eigenvalue weighted by molar-refractivity contribution is 5.94. The van der Waals surface area contributed by atoms with Gasteiger partial charge in [-0.25, -0.2) is 0 Å². The van der Waals surface area contributed by atoms with E-state index in [0.29, 0.717) is 13.1 Å². The summed E-state index contributed by atoms with van der Waals surface area (Å²) in [5.41, 5.74) is 7.44. The minimum Gasteiger partial charge on any atom is -0.352 e. The summed E-state index contributed by atoms with van der Waals surface area (Å²) in [6, 6.07) is 1.76. The average Bonchev–Trinajstić information content (AvgIpc) is 2.42. The third-order valence-corrected chi connectivity index (χ3v) is 3.50. The molecule has 0 unspecified atom stereocenters. The highest BCUT2D eigenvalue weighted by atomic mass is 16.2. The van der Waals surface area contributed by atoms with Crippen molar-refractivity contribution in [3.05, 3.63) is 33.2 Å². The summed E-state index contributed by atoms with van der Waals surface area (Å²) in [5.74, 6) is -0.286. The number of fused-ring (bicyclic) bond motifs is 1. The molecule has 0 saturated carbocycles. The lowest BCUT2D eigenvalue weighted by Crippen LogP contribution is -2.31. The number of H-pyrrole nitrogens is 1. The number of aromatic amines is 1. The van der Waals surface area contributed by atoms with E-state index in [1.165, 1.54) is 0 Å². The SMILES string of the molecule is NCCCCNC(=O)c1cc2c([nH]c1=O)CCCC2. The van der Waals surface area contributed by atoms with Gasteiger partial charge in [-0.05, 0) is 56.7 Å². The van der Waals surface area contributed by atoms with Crippen molar-refractivity contribution in [3.8, 4) is 0 Å². The van der Waals surface area contributed by atoms with E-state index in [9.17, 15) is 9.59 Å². The van der Waals surface area contributed by atoms with Crippen molar-refractivity contribution < 1.29 is 4.79 Å². The fourth-order valence-corrected chi connectivity index (χ4v) is 2.41. The Labute approximate surface area is 112 Å². The van der Waals surface area contributed by atoms with E-state index in [0.717, 1.165) is 49.8 Å². The van der Waals surface area contributed by atoms with Gasteiger partial charge in [-0.15, -0.1) is 0 Å². The van der Waals surface area contributed by atoms with Gasteiger partial charge in [0.05, 0.1) is 0 Å². The largest absolute Gasteiger partial charge is 0.352 e. The monoisotopic (exact) mass is 263 g/mol. The zero-order chi connectivity index (χ0) is 13.7. The lowest BCUT2D eigenvalue weighted by Gasteiger charge is -2.15. The molecule has 0 fully saturated rings. The summed E-state index contributed by atoms with van der Waals surface area (Å²) in [5, 5.41) is 2.77. The van der Waals surface area contributed by atoms with Crippen LogP contribution in [0.4, 0.5) is 0 Å². The third kappa shape index (κ3) is 3.44. The minimum absolute atomic E-state index is 0.230. The fourth-order valence-electron chi connectivity index (χ4n) is 2.41. The number of rotatable bonds is 5. The standard InChI is InChI=1S/C14H21N3O2/c15-7-3-4-8-16-13(18)11-9-10-5-1-2-6-12(10)17-14(11)19/h9H,1-8,15H2,(H,16,18)(H,17,19). The first kappa shape index (κ1) is 13.8. The lowest BCUT2D eigenvalue weighted by atomic mass is 9.95. The highest BCUT2D eigenvalue weighted by Crippen LogP contribution is 2.18. The van der Waals surface area contributed by atoms with Gasteiger partial charge in [0, 0.05) is 12.2 Å². The molecule has 0 bridgehead atoms. The Balaban J connectivity index is 2.07. The first-order chi connectivity index (χ1) is 9.22. The lowest BCUT2D eigenvalue weighted by molar-refractivity contribution is 0.0951. The number of nitrogens with one attached hydrogen (secondary N) is 2. The molecule has 1 aromatic rings. The maximum atomic E-state index is 12.0. The number of hydrogen-bond donors (Lipinski definition) is 3. The van der Waals surface area contributed by atoms with Crippen LogP contribution in [0.2, 0.25) is 0 Å². The molecule has 1 amide bonds. The number of pyridine rings is 1. The number of carbonyl (C=O) groups excluding carboxylic acids is 1. The molecule has 0 saturated heterocycles. The van der Waals surface area contributed by atoms with Gasteiger partial charge < -0.3 is 16.0 Å². The van der Waals surface area contributed by atoms with E-state index in [1.807, 2.05) is 0 Å². The molecule has 0 aromatic carbocycles. The van der Waals surface area contributed by atoms with Crippen LogP contribution in [-0.4, -0.2) is 24.0 Å². The van der Waals surface area contributed by atoms with Crippen LogP contribution in [0.1, 0.15) is 47.3 Å². The second kappa shape index (κ2) is 6.52. The minimum atomic E-state index is -0.286. The molecular formula is C14H21N3O2. The van der Waals surface area contributed by atoms with Crippen molar-refractivity contribution >= 4 is 5.91 Å². The molecule has 1 heterocycles. The van der Waals surface area contributed by atoms with Crippen LogP contribution in [0, 0.1) is 0 Å². The van der Waals surface area contributed by atoms with Crippen molar-refractivity contribution in [1.29, 1.82) is 0 Å². The van der Waals surface area contributed by atoms with E-state index in [-0.39, 0.29) is 17.0 Å². The van der Waals surface area contributed by atoms with E-state index in [1.54, 1.807) is 6.07 Å². The van der Waals surface area contributed by atoms with Gasteiger partial charge >= 0.3 is 0 Å². The molecule has 0 aliphatic heterocycles. The summed E-state index contributed by atoms with van der Waals surface area (Å²) in [4.78, 5) is 26.7. The summed E-state index contributed by atoms with van der Waals surface area (Å²) in [6.45, 7) is 1.18. The zero-order valence-corrected chi connectivity index (χ0v) is 11.1. The number of aryl methyl sites for hydroxylation is 2. The molecule has 104 valence electrons. The van der Waals surface area contributed by atoms with Crippen LogP contribution < -0.4 is 16.6 Å². The predicted octanol–water partition coefficient (Wildman–Crippen LogP) is 0.722. The maximum Gasteiger partial charge on any atom is 0.261 e. The molecule has 1 aromatic heterocycles. The normalized spacial score (nSPS) is 13.9. The summed E-state index contributed by atoms with van der Waals surface area (Å²) < 4.78 is 0. The zero-order valence-electron chi connectivity index (χ0n) is 11.1. The number of unbranched alkanes of at least 4 members (excludes halogenated alkanes) is 1. The molecule has 4 N–H and O–H groups in total. The molecular weight excluding hydrogens is 242 g/mol. The second-order valence-corrected chi connectivity index (χ2v) is 4.97. The van der Waals surface area contributed by atoms with E-state index in [2.05, 4.69) is 10.3 Å². The van der Waals surface area contributed by atoms with Crippen molar-refractivity contribution in [3.63, 3.8) is 0 Å². The molecule has 1 aliphatic rings. The Morgan fingerprint density at radius 1 is 1.32 bits per heavy atom. The smallest absolute Gasteiger partial charge is 0.261 e. The Kier molecular flexibility index (Phi) is 4.74. The molecule has 5 heteroatoms. The van der Waals surface area contributed by atoms with Gasteiger partial charge in [0.15, 0.2) is 0 Å². The molecule has 0 atom stereocenters. The third-order valence-electron chi connectivity index (χ3n) is 3.50. The van der Waals surface area contributed by atoms with Crippen LogP contribution in [0.5, 0.6) is 0 Å². The van der Waals surface area contributed by atoms with Crippen molar-refractivity contribution in [2.24, 2.45) is 5.73 Å². The second-order valence-electron chi connectivity index (χ2n) is 4.97. The molecule has 0 radical (unpaired) electrons. The van der Waals surface area contributed by atoms with Crippen LogP contribution >= 0.6 is 0 Å². The predicted molar refractivity (Wildman–Crippen MR) is 74.3 cm³/mol. The first-order valence-corrected chi connectivity index (χ1v) is 6.95. The van der Waals surface area contributed by atoms with E-state index < -0.39 is 0 Å². The number of nitrogens with two attached hydrogens (primary N) is 1. The number of amides is 1. The van der Waals surface area contributed by atoms with Crippen LogP contribution in [0.25, 0.3) is 0 Å². The maximum absolute atomic E-state index is 12.0. The van der Waals surface area contributed by atoms with Gasteiger partial charge in [-0.2, -0.15) is 0 Å². The average molecular weight is 263 g/mol. The summed E-state index contributed by atoms with van der Waals surface area (Å²) >= 11 is 0. The molecule has 1 aliphatic carbocycles. The Morgan fingerprint density at radius 3 is 2.89 bits per heavy atom. The topological polar surface area (TPSA) is 88.0 Å². The van der Waals surface area contributed by atoms with Crippen molar-refractivity contribution in [2.45, 2.75) is 38.5 Å². The molecule has 2 rings (SSSR count). The molecule has 0 spiro atoms. The van der Waals surface area contributed by atoms with Crippen LogP contribution in [-0.2, 0) is 12.8 Å². The van der Waals surface area contributed by atoms with Crippen LogP contribution in [0.15, 0.2) is 10.9 Å². The van der Waals surface area contributed by atoms with Crippen LogP contribution in [0.3, 0.4) is 0 Å². The Bertz CT molecular complexity index is 508. The Morgan fingerprint density at radius 2 is 2.11 bits per heavy atom. The van der Waals surface area contributed by atoms with E-state index in [4.69, 9.17) is 5.73 Å². The van der Waals surface area contributed by atoms with Gasteiger partial charge in [0.1, 0.15) is 5.56 Å². The highest BCUT2D eigenvalue weighted by Gasteiger charge is 2.16. The number of aromatic nitrogens is 1. The molecule has 5 nitrogen and oxygen atoms in total. The van der Waals surface area contributed by atoms with Gasteiger partial charge in [0.25, 0.3) is 11.5 Å². The first-order valence-electron chi connectivity index (χ1n) is 6.95. The van der Waals surface area contributed by atoms with Gasteiger partial charge in [0.2, 0.25) is 0 Å². The molecule has 19 heavy (non-hydrogen) atoms. The summed E-state index contributed by atoms with van der Waals surface area (Å²) in [7, 11) is 0. The quantitative estimate of drug-likeness (QED) is 0.684. The Hall–Kier alpha value is -1.62. The van der Waals surface area contributed by atoms with Gasteiger partial charge in [-0.1, -0.05) is 0 Å². The van der Waals surface area contributed by atoms with Crippen molar-refractivity contribution in [1.82, 2.24) is 10.3 Å². The van der Waals surface area contributed by atoms with Gasteiger partial charge in [-0.3, -0.25) is 9.59 Å². The van der Waals surface area contributed by atoms with Crippen molar-refractivity contribution in [2.75, 3.05) is 13.1 Å².